The smallest absolute Gasteiger partial charge is 0.379 e. The molecule has 120 valence electrons. The van der Waals surface area contributed by atoms with Crippen LogP contribution < -0.4 is 5.32 Å². The summed E-state index contributed by atoms with van der Waals surface area (Å²) >= 11 is 0. The Hall–Kier alpha value is -0.820. The van der Waals surface area contributed by atoms with Crippen molar-refractivity contribution in [2.45, 2.75) is 62.4 Å². The van der Waals surface area contributed by atoms with E-state index < -0.39 is 24.7 Å². The van der Waals surface area contributed by atoms with Crippen molar-refractivity contribution >= 4 is 5.91 Å². The van der Waals surface area contributed by atoms with E-state index in [1.54, 1.807) is 0 Å². The summed E-state index contributed by atoms with van der Waals surface area (Å²) < 4.78 is 38.4. The van der Waals surface area contributed by atoms with Gasteiger partial charge >= 0.3 is 6.18 Å². The summed E-state index contributed by atoms with van der Waals surface area (Å²) in [5, 5.41) is 12.9. The Kier molecular flexibility index (Phi) is 3.68. The van der Waals surface area contributed by atoms with Gasteiger partial charge in [0, 0.05) is 19.0 Å². The molecule has 0 radical (unpaired) electrons. The molecular formula is C14H21F3N2O2. The van der Waals surface area contributed by atoms with Crippen LogP contribution in [-0.2, 0) is 4.79 Å². The Morgan fingerprint density at radius 1 is 1.29 bits per heavy atom. The van der Waals surface area contributed by atoms with Gasteiger partial charge in [0.1, 0.15) is 0 Å². The number of rotatable bonds is 1. The minimum atomic E-state index is -4.68. The Balaban J connectivity index is 1.62. The topological polar surface area (TPSA) is 52.6 Å². The molecule has 0 aromatic carbocycles. The average Bonchev–Trinajstić information content (AvgIpc) is 3.01. The third-order valence-corrected chi connectivity index (χ3v) is 5.25. The minimum Gasteiger partial charge on any atom is -0.379 e. The maximum Gasteiger partial charge on any atom is 0.419 e. The number of alkyl halides is 3. The number of aliphatic hydroxyl groups is 1. The molecule has 2 heterocycles. The van der Waals surface area contributed by atoms with E-state index in [-0.39, 0.29) is 18.5 Å². The number of nitrogens with zero attached hydrogens (tertiary/aromatic N) is 1. The molecule has 4 atom stereocenters. The first-order valence-corrected chi connectivity index (χ1v) is 7.64. The van der Waals surface area contributed by atoms with E-state index in [9.17, 15) is 23.1 Å². The molecule has 3 aliphatic rings. The molecule has 0 aromatic heterocycles. The molecule has 1 amide bonds. The van der Waals surface area contributed by atoms with Crippen LogP contribution in [0.4, 0.5) is 13.2 Å². The van der Waals surface area contributed by atoms with Gasteiger partial charge in [-0.05, 0) is 25.2 Å². The van der Waals surface area contributed by atoms with E-state index in [2.05, 4.69) is 5.32 Å². The van der Waals surface area contributed by atoms with Crippen molar-refractivity contribution in [2.24, 2.45) is 5.92 Å². The predicted molar refractivity (Wildman–Crippen MR) is 69.5 cm³/mol. The zero-order chi connectivity index (χ0) is 15.3. The lowest BCUT2D eigenvalue weighted by Crippen LogP contribution is -2.50. The van der Waals surface area contributed by atoms with E-state index in [1.165, 1.54) is 11.3 Å². The van der Waals surface area contributed by atoms with Crippen molar-refractivity contribution < 1.29 is 23.1 Å². The molecule has 3 fully saturated rings. The van der Waals surface area contributed by atoms with Gasteiger partial charge in [-0.15, -0.1) is 0 Å². The number of β-amino-alcohol motifs (C(OH)–C–C–N with tert-alkyl or cyclic N) is 1. The number of amides is 1. The largest absolute Gasteiger partial charge is 0.419 e. The predicted octanol–water partition coefficient (Wildman–Crippen LogP) is 1.43. The highest BCUT2D eigenvalue weighted by molar-refractivity contribution is 5.82. The van der Waals surface area contributed by atoms with Crippen LogP contribution in [-0.4, -0.2) is 52.9 Å². The van der Waals surface area contributed by atoms with Crippen LogP contribution in [0.15, 0.2) is 0 Å². The monoisotopic (exact) mass is 306 g/mol. The Labute approximate surface area is 121 Å². The molecule has 2 aliphatic heterocycles. The second-order valence-corrected chi connectivity index (χ2v) is 6.65. The fourth-order valence-corrected chi connectivity index (χ4v) is 3.94. The Morgan fingerprint density at radius 2 is 2.00 bits per heavy atom. The maximum atomic E-state index is 12.8. The molecule has 0 unspecified atom stereocenters. The number of hydrogen-bond donors (Lipinski definition) is 2. The van der Waals surface area contributed by atoms with Gasteiger partial charge < -0.3 is 15.3 Å². The summed E-state index contributed by atoms with van der Waals surface area (Å²) in [4.78, 5) is 13.6. The van der Waals surface area contributed by atoms with Gasteiger partial charge in [0.05, 0.1) is 12.6 Å². The molecule has 3 rings (SSSR count). The first-order chi connectivity index (χ1) is 9.80. The summed E-state index contributed by atoms with van der Waals surface area (Å²) in [5.74, 6) is 0.182. The average molecular weight is 306 g/mol. The summed E-state index contributed by atoms with van der Waals surface area (Å²) in [6.45, 7) is -0.662. The summed E-state index contributed by atoms with van der Waals surface area (Å²) in [6.07, 6.45) is 0.0498. The molecule has 1 saturated carbocycles. The fraction of sp³-hybridized carbons (Fsp3) is 0.929. The molecule has 0 spiro atoms. The number of carbonyl (C=O) groups excluding carboxylic acids is 1. The van der Waals surface area contributed by atoms with E-state index in [1.807, 2.05) is 0 Å². The zero-order valence-electron chi connectivity index (χ0n) is 11.8. The van der Waals surface area contributed by atoms with E-state index in [4.69, 9.17) is 0 Å². The van der Waals surface area contributed by atoms with Gasteiger partial charge in [0.2, 0.25) is 5.91 Å². The molecule has 0 aromatic rings. The van der Waals surface area contributed by atoms with Crippen LogP contribution in [0.1, 0.15) is 38.5 Å². The minimum absolute atomic E-state index is 0.0254. The Bertz CT molecular complexity index is 415. The van der Waals surface area contributed by atoms with Gasteiger partial charge in [0.15, 0.2) is 5.60 Å². The molecule has 2 saturated heterocycles. The number of likely N-dealkylation sites (tertiary alicyclic amines) is 1. The molecular weight excluding hydrogens is 285 g/mol. The Morgan fingerprint density at radius 3 is 2.62 bits per heavy atom. The van der Waals surface area contributed by atoms with Crippen molar-refractivity contribution in [1.82, 2.24) is 10.2 Å². The highest BCUT2D eigenvalue weighted by atomic mass is 19.4. The van der Waals surface area contributed by atoms with Crippen LogP contribution >= 0.6 is 0 Å². The second-order valence-electron chi connectivity index (χ2n) is 6.65. The van der Waals surface area contributed by atoms with E-state index >= 15 is 0 Å². The van der Waals surface area contributed by atoms with Gasteiger partial charge in [-0.2, -0.15) is 13.2 Å². The lowest BCUT2D eigenvalue weighted by molar-refractivity contribution is -0.253. The van der Waals surface area contributed by atoms with Crippen molar-refractivity contribution in [3.63, 3.8) is 0 Å². The molecule has 2 N–H and O–H groups in total. The zero-order valence-corrected chi connectivity index (χ0v) is 11.8. The van der Waals surface area contributed by atoms with Crippen LogP contribution in [0.25, 0.3) is 0 Å². The molecule has 7 heteroatoms. The molecule has 0 bridgehead atoms. The SMILES string of the molecule is O=C([C@@H]1C[C@@H]2CCCC[C@@H]2N1)N1CC[C@](O)(C(F)(F)F)C1. The quantitative estimate of drug-likeness (QED) is 0.770. The summed E-state index contributed by atoms with van der Waals surface area (Å²) in [6, 6.07) is -0.0505. The van der Waals surface area contributed by atoms with Gasteiger partial charge in [0.25, 0.3) is 0 Å². The lowest BCUT2D eigenvalue weighted by Gasteiger charge is -2.27. The van der Waals surface area contributed by atoms with Crippen LogP contribution in [0.2, 0.25) is 0 Å². The number of nitrogens with one attached hydrogen (secondary N) is 1. The maximum absolute atomic E-state index is 12.8. The lowest BCUT2D eigenvalue weighted by atomic mass is 9.85. The number of hydrogen-bond acceptors (Lipinski definition) is 3. The molecule has 4 nitrogen and oxygen atoms in total. The normalized spacial score (nSPS) is 40.4. The number of halogens is 3. The highest BCUT2D eigenvalue weighted by Gasteiger charge is 2.58. The standard InChI is InChI=1S/C14H21F3N2O2/c15-14(16,17)13(21)5-6-19(8-13)12(20)11-7-9-3-1-2-4-10(9)18-11/h9-11,18,21H,1-8H2/t9-,10-,11-,13+/m0/s1. The third-order valence-electron chi connectivity index (χ3n) is 5.25. The third kappa shape index (κ3) is 2.65. The van der Waals surface area contributed by atoms with Crippen LogP contribution in [0.3, 0.4) is 0 Å². The van der Waals surface area contributed by atoms with E-state index in [0.29, 0.717) is 18.4 Å². The van der Waals surface area contributed by atoms with Crippen LogP contribution in [0, 0.1) is 5.92 Å². The van der Waals surface area contributed by atoms with Gasteiger partial charge in [-0.1, -0.05) is 12.8 Å². The van der Waals surface area contributed by atoms with Crippen molar-refractivity contribution in [2.75, 3.05) is 13.1 Å². The summed E-state index contributed by atoms with van der Waals surface area (Å²) in [7, 11) is 0. The number of fused-ring (bicyclic) bond motifs is 1. The number of carbonyl (C=O) groups is 1. The van der Waals surface area contributed by atoms with Gasteiger partial charge in [-0.3, -0.25) is 4.79 Å². The van der Waals surface area contributed by atoms with E-state index in [0.717, 1.165) is 19.3 Å². The van der Waals surface area contributed by atoms with Gasteiger partial charge in [-0.25, -0.2) is 0 Å². The molecule has 1 aliphatic carbocycles. The fourth-order valence-electron chi connectivity index (χ4n) is 3.94. The summed E-state index contributed by atoms with van der Waals surface area (Å²) in [5.41, 5.74) is -2.74. The van der Waals surface area contributed by atoms with Crippen molar-refractivity contribution in [3.8, 4) is 0 Å². The first kappa shape index (κ1) is 15.1. The molecule has 21 heavy (non-hydrogen) atoms. The van der Waals surface area contributed by atoms with Crippen molar-refractivity contribution in [3.05, 3.63) is 0 Å². The van der Waals surface area contributed by atoms with Crippen LogP contribution in [0.5, 0.6) is 0 Å². The van der Waals surface area contributed by atoms with Crippen molar-refractivity contribution in [1.29, 1.82) is 0 Å². The first-order valence-electron chi connectivity index (χ1n) is 7.64. The highest BCUT2D eigenvalue weighted by Crippen LogP contribution is 2.39. The second kappa shape index (κ2) is 5.12.